The summed E-state index contributed by atoms with van der Waals surface area (Å²) in [6.45, 7) is 2.62. The summed E-state index contributed by atoms with van der Waals surface area (Å²) in [4.78, 5) is 12.5. The van der Waals surface area contributed by atoms with Crippen molar-refractivity contribution in [1.82, 2.24) is 5.32 Å². The highest BCUT2D eigenvalue weighted by molar-refractivity contribution is 5.79. The van der Waals surface area contributed by atoms with Crippen molar-refractivity contribution in [3.05, 3.63) is 29.8 Å². The van der Waals surface area contributed by atoms with Crippen molar-refractivity contribution in [2.75, 3.05) is 13.7 Å². The van der Waals surface area contributed by atoms with Crippen molar-refractivity contribution < 1.29 is 9.53 Å². The van der Waals surface area contributed by atoms with E-state index >= 15 is 0 Å². The number of ether oxygens (including phenoxy) is 1. The zero-order chi connectivity index (χ0) is 15.2. The van der Waals surface area contributed by atoms with Gasteiger partial charge in [0.25, 0.3) is 0 Å². The van der Waals surface area contributed by atoms with Gasteiger partial charge >= 0.3 is 0 Å². The van der Waals surface area contributed by atoms with E-state index in [-0.39, 0.29) is 17.9 Å². The Morgan fingerprint density at radius 1 is 1.33 bits per heavy atom. The van der Waals surface area contributed by atoms with Crippen LogP contribution in [0.25, 0.3) is 0 Å². The van der Waals surface area contributed by atoms with Gasteiger partial charge in [0.15, 0.2) is 0 Å². The standard InChI is InChI=1S/C17H26N2O2/c1-12(13-7-9-15(21-2)10-8-13)19-17(20)16-6-4-3-5-14(16)11-18/h7-10,12,14,16H,3-6,11,18H2,1-2H3,(H,19,20)/t12-,14?,16?/m1/s1. The van der Waals surface area contributed by atoms with Gasteiger partial charge in [-0.15, -0.1) is 0 Å². The van der Waals surface area contributed by atoms with Gasteiger partial charge in [-0.05, 0) is 49.9 Å². The molecule has 2 rings (SSSR count). The first-order chi connectivity index (χ1) is 10.2. The Hall–Kier alpha value is -1.55. The van der Waals surface area contributed by atoms with Crippen molar-refractivity contribution >= 4 is 5.91 Å². The molecule has 1 aliphatic rings. The first-order valence-corrected chi connectivity index (χ1v) is 7.80. The number of benzene rings is 1. The Labute approximate surface area is 127 Å². The number of methoxy groups -OCH3 is 1. The topological polar surface area (TPSA) is 64.3 Å². The van der Waals surface area contributed by atoms with Crippen LogP contribution in [0.1, 0.15) is 44.2 Å². The maximum absolute atomic E-state index is 12.5. The average molecular weight is 290 g/mol. The van der Waals surface area contributed by atoms with Crippen LogP contribution in [0.4, 0.5) is 0 Å². The van der Waals surface area contributed by atoms with E-state index in [1.807, 2.05) is 31.2 Å². The van der Waals surface area contributed by atoms with Crippen LogP contribution in [0.5, 0.6) is 5.75 Å². The minimum atomic E-state index is 0.00348. The maximum atomic E-state index is 12.5. The largest absolute Gasteiger partial charge is 0.497 e. The summed E-state index contributed by atoms with van der Waals surface area (Å²) in [5, 5.41) is 3.13. The van der Waals surface area contributed by atoms with Gasteiger partial charge in [-0.2, -0.15) is 0 Å². The number of carbonyl (C=O) groups is 1. The third kappa shape index (κ3) is 3.97. The third-order valence-electron chi connectivity index (χ3n) is 4.52. The summed E-state index contributed by atoms with van der Waals surface area (Å²) in [5.74, 6) is 1.38. The Bertz CT molecular complexity index is 458. The quantitative estimate of drug-likeness (QED) is 0.876. The van der Waals surface area contributed by atoms with Crippen LogP contribution in [-0.4, -0.2) is 19.6 Å². The highest BCUT2D eigenvalue weighted by atomic mass is 16.5. The molecule has 4 heteroatoms. The summed E-state index contributed by atoms with van der Waals surface area (Å²) in [5.41, 5.74) is 6.90. The van der Waals surface area contributed by atoms with E-state index in [4.69, 9.17) is 10.5 Å². The molecule has 1 aromatic carbocycles. The molecule has 2 unspecified atom stereocenters. The molecule has 0 heterocycles. The van der Waals surface area contributed by atoms with Crippen LogP contribution >= 0.6 is 0 Å². The van der Waals surface area contributed by atoms with Crippen molar-refractivity contribution in [1.29, 1.82) is 0 Å². The van der Waals surface area contributed by atoms with E-state index in [2.05, 4.69) is 5.32 Å². The van der Waals surface area contributed by atoms with Gasteiger partial charge in [0.1, 0.15) is 5.75 Å². The average Bonchev–Trinajstić information content (AvgIpc) is 2.54. The summed E-state index contributed by atoms with van der Waals surface area (Å²) in [7, 11) is 1.65. The highest BCUT2D eigenvalue weighted by Crippen LogP contribution is 2.30. The molecule has 3 atom stereocenters. The van der Waals surface area contributed by atoms with Gasteiger partial charge in [-0.1, -0.05) is 25.0 Å². The Morgan fingerprint density at radius 2 is 2.00 bits per heavy atom. The first-order valence-electron chi connectivity index (χ1n) is 7.80. The van der Waals surface area contributed by atoms with Crippen LogP contribution in [0.2, 0.25) is 0 Å². The number of rotatable bonds is 5. The Morgan fingerprint density at radius 3 is 2.62 bits per heavy atom. The molecule has 116 valence electrons. The van der Waals surface area contributed by atoms with Crippen molar-refractivity contribution in [3.8, 4) is 5.75 Å². The molecular formula is C17H26N2O2. The molecule has 1 aromatic rings. The van der Waals surface area contributed by atoms with Crippen LogP contribution in [-0.2, 0) is 4.79 Å². The van der Waals surface area contributed by atoms with Crippen LogP contribution < -0.4 is 15.8 Å². The van der Waals surface area contributed by atoms with Crippen LogP contribution in [0.15, 0.2) is 24.3 Å². The highest BCUT2D eigenvalue weighted by Gasteiger charge is 2.30. The summed E-state index contributed by atoms with van der Waals surface area (Å²) in [6, 6.07) is 7.82. The smallest absolute Gasteiger partial charge is 0.223 e. The fraction of sp³-hybridized carbons (Fsp3) is 0.588. The number of hydrogen-bond donors (Lipinski definition) is 2. The molecule has 0 radical (unpaired) electrons. The second kappa shape index (κ2) is 7.46. The van der Waals surface area contributed by atoms with Gasteiger partial charge in [-0.3, -0.25) is 4.79 Å². The maximum Gasteiger partial charge on any atom is 0.223 e. The fourth-order valence-electron chi connectivity index (χ4n) is 3.13. The van der Waals surface area contributed by atoms with E-state index in [0.29, 0.717) is 12.5 Å². The summed E-state index contributed by atoms with van der Waals surface area (Å²) < 4.78 is 5.15. The van der Waals surface area contributed by atoms with Gasteiger partial charge in [-0.25, -0.2) is 0 Å². The molecule has 1 aliphatic carbocycles. The first kappa shape index (κ1) is 15.8. The Balaban J connectivity index is 1.97. The molecule has 4 nitrogen and oxygen atoms in total. The third-order valence-corrected chi connectivity index (χ3v) is 4.52. The lowest BCUT2D eigenvalue weighted by molar-refractivity contribution is -0.128. The van der Waals surface area contributed by atoms with E-state index in [9.17, 15) is 4.79 Å². The van der Waals surface area contributed by atoms with Crippen LogP contribution in [0.3, 0.4) is 0 Å². The van der Waals surface area contributed by atoms with Crippen molar-refractivity contribution in [3.63, 3.8) is 0 Å². The number of carbonyl (C=O) groups excluding carboxylic acids is 1. The predicted molar refractivity (Wildman–Crippen MR) is 84.1 cm³/mol. The monoisotopic (exact) mass is 290 g/mol. The molecule has 0 aromatic heterocycles. The van der Waals surface area contributed by atoms with Crippen molar-refractivity contribution in [2.45, 2.75) is 38.6 Å². The molecule has 1 fully saturated rings. The van der Waals surface area contributed by atoms with E-state index < -0.39 is 0 Å². The molecular weight excluding hydrogens is 264 g/mol. The number of nitrogens with two attached hydrogens (primary N) is 1. The number of hydrogen-bond acceptors (Lipinski definition) is 3. The van der Waals surface area contributed by atoms with Gasteiger partial charge in [0.05, 0.1) is 13.2 Å². The summed E-state index contributed by atoms with van der Waals surface area (Å²) in [6.07, 6.45) is 4.36. The molecule has 1 amide bonds. The molecule has 0 bridgehead atoms. The molecule has 21 heavy (non-hydrogen) atoms. The molecule has 0 saturated heterocycles. The normalized spacial score (nSPS) is 23.4. The Kier molecular flexibility index (Phi) is 5.62. The van der Waals surface area contributed by atoms with Gasteiger partial charge < -0.3 is 15.8 Å². The summed E-state index contributed by atoms with van der Waals surface area (Å²) >= 11 is 0. The molecule has 0 aliphatic heterocycles. The van der Waals surface area contributed by atoms with E-state index in [1.54, 1.807) is 7.11 Å². The number of nitrogens with one attached hydrogen (secondary N) is 1. The zero-order valence-electron chi connectivity index (χ0n) is 13.0. The minimum Gasteiger partial charge on any atom is -0.497 e. The minimum absolute atomic E-state index is 0.00348. The second-order valence-corrected chi connectivity index (χ2v) is 5.89. The van der Waals surface area contributed by atoms with Gasteiger partial charge in [0, 0.05) is 5.92 Å². The molecule has 0 spiro atoms. The predicted octanol–water partition coefficient (Wildman–Crippen LogP) is 2.64. The fourth-order valence-corrected chi connectivity index (χ4v) is 3.13. The SMILES string of the molecule is COc1ccc([C@@H](C)NC(=O)C2CCCCC2CN)cc1. The van der Waals surface area contributed by atoms with Gasteiger partial charge in [0.2, 0.25) is 5.91 Å². The lowest BCUT2D eigenvalue weighted by Crippen LogP contribution is -2.40. The molecule has 3 N–H and O–H groups in total. The van der Waals surface area contributed by atoms with Crippen molar-refractivity contribution in [2.24, 2.45) is 17.6 Å². The van der Waals surface area contributed by atoms with E-state index in [0.717, 1.165) is 30.6 Å². The number of amides is 1. The zero-order valence-corrected chi connectivity index (χ0v) is 13.0. The second-order valence-electron chi connectivity index (χ2n) is 5.89. The van der Waals surface area contributed by atoms with Crippen LogP contribution in [0, 0.1) is 11.8 Å². The lowest BCUT2D eigenvalue weighted by Gasteiger charge is -2.30. The molecule has 1 saturated carbocycles. The van der Waals surface area contributed by atoms with E-state index in [1.165, 1.54) is 6.42 Å². The lowest BCUT2D eigenvalue weighted by atomic mass is 9.78.